The van der Waals surface area contributed by atoms with Gasteiger partial charge in [-0.1, -0.05) is 138 Å². The van der Waals surface area contributed by atoms with Gasteiger partial charge in [-0.05, 0) is 218 Å². The lowest BCUT2D eigenvalue weighted by Gasteiger charge is -2.54. The van der Waals surface area contributed by atoms with Gasteiger partial charge < -0.3 is 34.1 Å². The van der Waals surface area contributed by atoms with E-state index in [1.807, 2.05) is 72.5 Å². The average molecular weight is 1240 g/mol. The summed E-state index contributed by atoms with van der Waals surface area (Å²) in [7, 11) is 0. The number of nitrogens with zero attached hydrogens (tertiary/aromatic N) is 2. The lowest BCUT2D eigenvalue weighted by atomic mass is 9.52. The van der Waals surface area contributed by atoms with Crippen molar-refractivity contribution >= 4 is 23.8 Å². The molecule has 22 atom stereocenters. The number of esters is 1. The van der Waals surface area contributed by atoms with Gasteiger partial charge in [-0.25, -0.2) is 4.79 Å². The van der Waals surface area contributed by atoms with Gasteiger partial charge in [-0.3, -0.25) is 19.3 Å². The number of carboxylic acid groups (broad SMARTS) is 1. The van der Waals surface area contributed by atoms with Crippen molar-refractivity contribution in [2.24, 2.45) is 81.8 Å². The van der Waals surface area contributed by atoms with Gasteiger partial charge in [-0.2, -0.15) is 0 Å². The van der Waals surface area contributed by atoms with Crippen LogP contribution in [0.1, 0.15) is 226 Å². The molecule has 2 aromatic carbocycles. The summed E-state index contributed by atoms with van der Waals surface area (Å²) in [5.74, 6) is 6.93. The van der Waals surface area contributed by atoms with Gasteiger partial charge in [0.1, 0.15) is 12.7 Å². The third kappa shape index (κ3) is 12.4. The summed E-state index contributed by atoms with van der Waals surface area (Å²) >= 11 is 0. The van der Waals surface area contributed by atoms with Crippen LogP contribution in [0.15, 0.2) is 83.0 Å². The average Bonchev–Trinajstić information content (AvgIpc) is 1.57. The summed E-state index contributed by atoms with van der Waals surface area (Å²) in [5.41, 5.74) is 9.00. The Balaban J connectivity index is 0.000000163. The minimum Gasteiger partial charge on any atom is -0.481 e. The lowest BCUT2D eigenvalue weighted by Crippen LogP contribution is -2.54. The van der Waals surface area contributed by atoms with Gasteiger partial charge in [0.2, 0.25) is 0 Å². The molecule has 494 valence electrons. The summed E-state index contributed by atoms with van der Waals surface area (Å²) in [6, 6.07) is 20.2. The standard InChI is InChI=1S/C39H55NO5.C36H51NO3.C3H6O2/c1-6-35(41)44-29-14-16-38(5)28(19-29)12-13-31-30-15-17-39(21-25(3)32(30)20-33(31)38)26(4)36-34(45-39)18-24(2)22-40(36)37(42)43-23-27-10-8-7-9-11-27;1-22-16-33-34(37(20-22)21-32(39)25-8-6-5-7-9-25)24(3)36(40-33)15-13-28-29-11-10-26-17-27(38)12-14-35(26,4)31(29)18-30(28)23(2)19-36;1-2-3(4)5/h7-11,24,26,28-31,33-34,36H,6,12-23H2,1-5H3;5-9,22,24,26-29,31,33-34,38H,10-21H2,1-4H3;2H2,1H3,(H,4,5)/t24-,26+,28+,29+,30-,31-,33-,34+,36-,38-,39-;22-,24+,26+,27+,28-,29-,31-,33+,34-,35-,36-;/m00./s1. The molecule has 2 spiro atoms. The van der Waals surface area contributed by atoms with E-state index in [1.165, 1.54) is 64.2 Å². The van der Waals surface area contributed by atoms with Crippen molar-refractivity contribution < 1.29 is 48.3 Å². The van der Waals surface area contributed by atoms with E-state index >= 15 is 0 Å². The van der Waals surface area contributed by atoms with Gasteiger partial charge in [-0.15, -0.1) is 0 Å². The molecule has 0 unspecified atom stereocenters. The normalized spacial score (nSPS) is 42.4. The van der Waals surface area contributed by atoms with Crippen molar-refractivity contribution in [3.05, 3.63) is 94.1 Å². The highest BCUT2D eigenvalue weighted by Gasteiger charge is 2.63. The molecule has 0 bridgehead atoms. The largest absolute Gasteiger partial charge is 0.481 e. The number of ketones is 1. The molecule has 4 saturated heterocycles. The number of hydrogen-bond acceptors (Lipinski definition) is 10. The van der Waals surface area contributed by atoms with Crippen molar-refractivity contribution in [1.82, 2.24) is 9.80 Å². The SMILES string of the molecule is CC1=C2C[C@H]3[C@@H](CC[C@@H]4C[C@H](O)CC[C@@]43C)[C@@H]2CC[C@@]2(C1)O[C@@H]1C[C@H](C)CN(CC(=O)c3ccccc3)[C@H]1[C@H]2C.CCC(=O)O.CCC(=O)O[C@@H]1CC[C@@]2(C)[C@H](CC[C@H]3[C@@H]4CC[C@@]5(CC(C)=C4C[C@@H]32)O[C@@H]2C[C@H](C)CN(C(=O)OCc3ccccc3)[C@H]2[C@H]5C)C1. The Morgan fingerprint density at radius 3 is 1.71 bits per heavy atom. The van der Waals surface area contributed by atoms with Gasteiger partial charge in [0.25, 0.3) is 0 Å². The number of aliphatic carboxylic acids is 1. The van der Waals surface area contributed by atoms with E-state index in [0.717, 1.165) is 118 Å². The van der Waals surface area contributed by atoms with E-state index in [0.29, 0.717) is 72.0 Å². The van der Waals surface area contributed by atoms with E-state index in [9.17, 15) is 24.3 Å². The molecule has 14 rings (SSSR count). The summed E-state index contributed by atoms with van der Waals surface area (Å²) in [6.45, 7) is 25.4. The highest BCUT2D eigenvalue weighted by Crippen LogP contribution is 2.68. The van der Waals surface area contributed by atoms with Gasteiger partial charge in [0.15, 0.2) is 5.78 Å². The van der Waals surface area contributed by atoms with Crippen molar-refractivity contribution in [2.75, 3.05) is 19.6 Å². The van der Waals surface area contributed by atoms with E-state index < -0.39 is 5.97 Å². The molecular weight excluding hydrogens is 1120 g/mol. The van der Waals surface area contributed by atoms with Crippen LogP contribution >= 0.6 is 0 Å². The van der Waals surface area contributed by atoms with Crippen LogP contribution in [0.4, 0.5) is 4.79 Å². The molecule has 1 amide bonds. The molecule has 10 fully saturated rings. The monoisotopic (exact) mass is 1240 g/mol. The first-order valence-corrected chi connectivity index (χ1v) is 36.2. The number of Topliss-reactive ketones (excluding diaryl/α,β-unsaturated/α-hetero) is 1. The number of fused-ring (bicyclic) bond motifs is 12. The van der Waals surface area contributed by atoms with Crippen molar-refractivity contribution in [3.8, 4) is 0 Å². The number of carbonyl (C=O) groups excluding carboxylic acids is 3. The lowest BCUT2D eigenvalue weighted by molar-refractivity contribution is -0.156. The number of likely N-dealkylation sites (tertiary alicyclic amines) is 2. The second-order valence-corrected chi connectivity index (χ2v) is 32.3. The Morgan fingerprint density at radius 1 is 0.622 bits per heavy atom. The van der Waals surface area contributed by atoms with E-state index in [-0.39, 0.29) is 71.8 Å². The number of piperidine rings is 2. The number of aliphatic hydroxyl groups is 1. The van der Waals surface area contributed by atoms with Crippen LogP contribution in [0.3, 0.4) is 0 Å². The zero-order chi connectivity index (χ0) is 63.6. The molecule has 6 saturated carbocycles. The summed E-state index contributed by atoms with van der Waals surface area (Å²) < 4.78 is 26.2. The Labute approximate surface area is 539 Å². The second-order valence-electron chi connectivity index (χ2n) is 32.3. The Bertz CT molecular complexity index is 2980. The molecule has 2 N–H and O–H groups in total. The van der Waals surface area contributed by atoms with Gasteiger partial charge in [0, 0.05) is 49.4 Å². The molecule has 8 aliphatic carbocycles. The quantitative estimate of drug-likeness (QED) is 0.148. The molecule has 12 aliphatic rings. The van der Waals surface area contributed by atoms with Crippen LogP contribution in [0.25, 0.3) is 0 Å². The summed E-state index contributed by atoms with van der Waals surface area (Å²) in [5, 5.41) is 18.1. The summed E-state index contributed by atoms with van der Waals surface area (Å²) in [6.07, 6.45) is 24.0. The maximum atomic E-state index is 13.6. The molecule has 2 aromatic rings. The zero-order valence-electron chi connectivity index (χ0n) is 56.6. The minimum atomic E-state index is -0.745. The number of carbonyl (C=O) groups is 4. The van der Waals surface area contributed by atoms with Crippen LogP contribution in [0.2, 0.25) is 0 Å². The topological polar surface area (TPSA) is 152 Å². The smallest absolute Gasteiger partial charge is 0.410 e. The number of benzene rings is 2. The van der Waals surface area contributed by atoms with Crippen molar-refractivity contribution in [3.63, 3.8) is 0 Å². The zero-order valence-corrected chi connectivity index (χ0v) is 56.6. The predicted molar refractivity (Wildman–Crippen MR) is 351 cm³/mol. The van der Waals surface area contributed by atoms with Crippen LogP contribution in [-0.2, 0) is 35.1 Å². The third-order valence-corrected chi connectivity index (χ3v) is 27.3. The number of allylic oxidation sites excluding steroid dienone is 2. The fraction of sp³-hybridized carbons (Fsp3) is 0.744. The Kier molecular flexibility index (Phi) is 19.3. The first kappa shape index (κ1) is 65.7. The number of amides is 1. The first-order chi connectivity index (χ1) is 43.1. The van der Waals surface area contributed by atoms with Crippen molar-refractivity contribution in [1.29, 1.82) is 0 Å². The number of rotatable bonds is 8. The third-order valence-electron chi connectivity index (χ3n) is 27.3. The Morgan fingerprint density at radius 2 is 1.14 bits per heavy atom. The van der Waals surface area contributed by atoms with Crippen LogP contribution in [0.5, 0.6) is 0 Å². The molecule has 4 heterocycles. The number of ether oxygens (including phenoxy) is 4. The van der Waals surface area contributed by atoms with E-state index in [4.69, 9.17) is 24.1 Å². The van der Waals surface area contributed by atoms with E-state index in [2.05, 4.69) is 60.3 Å². The first-order valence-electron chi connectivity index (χ1n) is 36.2. The number of hydrogen-bond donors (Lipinski definition) is 2. The fourth-order valence-electron chi connectivity index (χ4n) is 22.7. The molecule has 0 radical (unpaired) electrons. The van der Waals surface area contributed by atoms with Crippen molar-refractivity contribution in [2.45, 2.75) is 265 Å². The molecule has 12 heteroatoms. The van der Waals surface area contributed by atoms with Crippen LogP contribution < -0.4 is 0 Å². The van der Waals surface area contributed by atoms with Gasteiger partial charge in [0.05, 0.1) is 42.1 Å². The number of carboxylic acids is 1. The van der Waals surface area contributed by atoms with Crippen LogP contribution in [-0.4, -0.2) is 111 Å². The minimum absolute atomic E-state index is 0.0417. The highest BCUT2D eigenvalue weighted by molar-refractivity contribution is 5.97. The number of aliphatic hydroxyl groups excluding tert-OH is 1. The Hall–Kier alpha value is -4.36. The second kappa shape index (κ2) is 26.4. The van der Waals surface area contributed by atoms with Crippen LogP contribution in [0, 0.1) is 81.8 Å². The fourth-order valence-corrected chi connectivity index (χ4v) is 22.7. The maximum Gasteiger partial charge on any atom is 0.410 e. The highest BCUT2D eigenvalue weighted by atomic mass is 16.6. The molecular formula is C78H112N2O10. The maximum absolute atomic E-state index is 13.6. The molecule has 12 nitrogen and oxygen atoms in total. The molecule has 4 aliphatic heterocycles. The van der Waals surface area contributed by atoms with E-state index in [1.54, 1.807) is 29.2 Å². The van der Waals surface area contributed by atoms with Gasteiger partial charge >= 0.3 is 18.0 Å². The predicted octanol–water partition coefficient (Wildman–Crippen LogP) is 16.0. The summed E-state index contributed by atoms with van der Waals surface area (Å²) in [4.78, 5) is 52.8. The molecule has 90 heavy (non-hydrogen) atoms. The molecule has 0 aromatic heterocycles.